The Morgan fingerprint density at radius 3 is 3.00 bits per heavy atom. The number of pyridine rings is 1. The Labute approximate surface area is 140 Å². The maximum absolute atomic E-state index is 11.7. The van der Waals surface area contributed by atoms with Crippen molar-refractivity contribution in [2.75, 3.05) is 6.61 Å². The van der Waals surface area contributed by atoms with Gasteiger partial charge in [-0.1, -0.05) is 18.2 Å². The summed E-state index contributed by atoms with van der Waals surface area (Å²) in [5, 5.41) is 4.75. The Hall–Kier alpha value is -2.67. The average Bonchev–Trinajstić information content (AvgIpc) is 2.98. The van der Waals surface area contributed by atoms with Gasteiger partial charge in [-0.15, -0.1) is 0 Å². The summed E-state index contributed by atoms with van der Waals surface area (Å²) < 4.78 is 11.3. The molecule has 0 fully saturated rings. The molecule has 1 N–H and O–H groups in total. The van der Waals surface area contributed by atoms with E-state index in [2.05, 4.69) is 31.4 Å². The number of aromatic nitrogens is 1. The van der Waals surface area contributed by atoms with Gasteiger partial charge < -0.3 is 9.15 Å². The first kappa shape index (κ1) is 15.2. The molecule has 3 rings (SSSR count). The molecule has 3 aromatic rings. The number of ether oxygens (including phenoxy) is 1. The van der Waals surface area contributed by atoms with Crippen LogP contribution in [0, 0.1) is 0 Å². The molecular formula is C16H12BrN3O3. The Morgan fingerprint density at radius 2 is 2.17 bits per heavy atom. The van der Waals surface area contributed by atoms with Gasteiger partial charge in [0, 0.05) is 11.6 Å². The van der Waals surface area contributed by atoms with Crippen LogP contribution >= 0.6 is 15.9 Å². The molecule has 116 valence electrons. The molecule has 0 radical (unpaired) electrons. The van der Waals surface area contributed by atoms with Crippen molar-refractivity contribution in [2.24, 2.45) is 5.10 Å². The van der Waals surface area contributed by atoms with E-state index in [-0.39, 0.29) is 12.5 Å². The van der Waals surface area contributed by atoms with Crippen LogP contribution in [0.3, 0.4) is 0 Å². The zero-order valence-corrected chi connectivity index (χ0v) is 13.5. The molecule has 0 unspecified atom stereocenters. The Bertz CT molecular complexity index is 855. The van der Waals surface area contributed by atoms with E-state index in [9.17, 15) is 4.79 Å². The molecule has 0 saturated heterocycles. The molecule has 23 heavy (non-hydrogen) atoms. The zero-order valence-electron chi connectivity index (χ0n) is 11.9. The normalized spacial score (nSPS) is 11.0. The largest absolute Gasteiger partial charge is 0.481 e. The molecule has 1 amide bonds. The second-order valence-electron chi connectivity index (χ2n) is 4.56. The molecule has 0 saturated carbocycles. The fraction of sp³-hybridized carbons (Fsp3) is 0.0625. The molecule has 7 heteroatoms. The van der Waals surface area contributed by atoms with Gasteiger partial charge in [-0.05, 0) is 40.2 Å². The summed E-state index contributed by atoms with van der Waals surface area (Å²) in [6.45, 7) is -0.158. The number of rotatable bonds is 5. The summed E-state index contributed by atoms with van der Waals surface area (Å²) in [7, 11) is 0. The van der Waals surface area contributed by atoms with Gasteiger partial charge >= 0.3 is 0 Å². The number of hydrazone groups is 1. The Morgan fingerprint density at radius 1 is 1.30 bits per heavy atom. The number of nitrogens with one attached hydrogen (secondary N) is 1. The van der Waals surface area contributed by atoms with E-state index < -0.39 is 0 Å². The van der Waals surface area contributed by atoms with E-state index in [1.165, 1.54) is 6.21 Å². The van der Waals surface area contributed by atoms with Crippen LogP contribution in [0.2, 0.25) is 0 Å². The number of hydrogen-bond donors (Lipinski definition) is 1. The Balaban J connectivity index is 1.57. The number of carbonyl (C=O) groups is 1. The van der Waals surface area contributed by atoms with Gasteiger partial charge in [0.05, 0.1) is 6.21 Å². The van der Waals surface area contributed by atoms with Crippen molar-refractivity contribution in [1.29, 1.82) is 0 Å². The van der Waals surface area contributed by atoms with Gasteiger partial charge in [0.2, 0.25) is 0 Å². The number of halogens is 1. The molecule has 0 aliphatic carbocycles. The number of fused-ring (bicyclic) bond motifs is 1. The molecule has 0 spiro atoms. The molecule has 6 nitrogen and oxygen atoms in total. The van der Waals surface area contributed by atoms with Gasteiger partial charge in [0.1, 0.15) is 17.0 Å². The predicted molar refractivity (Wildman–Crippen MR) is 89.4 cm³/mol. The first-order valence-electron chi connectivity index (χ1n) is 6.76. The van der Waals surface area contributed by atoms with E-state index in [1.54, 1.807) is 24.4 Å². The number of amides is 1. The van der Waals surface area contributed by atoms with Gasteiger partial charge in [0.15, 0.2) is 11.3 Å². The quantitative estimate of drug-likeness (QED) is 0.550. The third-order valence-electron chi connectivity index (χ3n) is 2.93. The van der Waals surface area contributed by atoms with Crippen molar-refractivity contribution >= 4 is 39.0 Å². The van der Waals surface area contributed by atoms with E-state index in [4.69, 9.17) is 9.15 Å². The van der Waals surface area contributed by atoms with E-state index >= 15 is 0 Å². The monoisotopic (exact) mass is 373 g/mol. The summed E-state index contributed by atoms with van der Waals surface area (Å²) >= 11 is 3.18. The number of para-hydroxylation sites is 1. The molecule has 0 atom stereocenters. The summed E-state index contributed by atoms with van der Waals surface area (Å²) in [4.78, 5) is 16.0. The van der Waals surface area contributed by atoms with Crippen LogP contribution in [-0.2, 0) is 4.79 Å². The average molecular weight is 374 g/mol. The first-order valence-corrected chi connectivity index (χ1v) is 7.55. The van der Waals surface area contributed by atoms with E-state index in [0.29, 0.717) is 21.7 Å². The predicted octanol–water partition coefficient (Wildman–Crippen LogP) is 3.12. The summed E-state index contributed by atoms with van der Waals surface area (Å²) in [5.41, 5.74) is 3.08. The third kappa shape index (κ3) is 3.95. The minimum absolute atomic E-state index is 0.158. The number of carbonyl (C=O) groups excluding carboxylic acids is 1. The number of furan rings is 1. The van der Waals surface area contributed by atoms with Crippen LogP contribution in [0.1, 0.15) is 5.76 Å². The SMILES string of the molecule is O=C(COc1cccc2cccnc12)N/N=C\c1ccc(Br)o1. The van der Waals surface area contributed by atoms with Crippen LogP contribution in [0.25, 0.3) is 10.9 Å². The highest BCUT2D eigenvalue weighted by atomic mass is 79.9. The molecule has 0 aliphatic heterocycles. The second kappa shape index (κ2) is 7.06. The fourth-order valence-corrected chi connectivity index (χ4v) is 2.25. The minimum Gasteiger partial charge on any atom is -0.481 e. The van der Waals surface area contributed by atoms with Gasteiger partial charge in [-0.3, -0.25) is 9.78 Å². The maximum Gasteiger partial charge on any atom is 0.277 e. The van der Waals surface area contributed by atoms with Crippen molar-refractivity contribution in [3.05, 3.63) is 59.1 Å². The van der Waals surface area contributed by atoms with Crippen molar-refractivity contribution in [3.63, 3.8) is 0 Å². The lowest BCUT2D eigenvalue weighted by Gasteiger charge is -2.07. The van der Waals surface area contributed by atoms with E-state index in [0.717, 1.165) is 5.39 Å². The van der Waals surface area contributed by atoms with Crippen molar-refractivity contribution in [3.8, 4) is 5.75 Å². The maximum atomic E-state index is 11.7. The van der Waals surface area contributed by atoms with Crippen LogP contribution in [-0.4, -0.2) is 23.7 Å². The highest BCUT2D eigenvalue weighted by molar-refractivity contribution is 9.10. The summed E-state index contributed by atoms with van der Waals surface area (Å²) in [5.74, 6) is 0.702. The number of benzene rings is 1. The zero-order chi connectivity index (χ0) is 16.1. The van der Waals surface area contributed by atoms with Crippen LogP contribution in [0.5, 0.6) is 5.75 Å². The van der Waals surface area contributed by atoms with Crippen LogP contribution < -0.4 is 10.2 Å². The molecule has 1 aromatic carbocycles. The number of nitrogens with zero attached hydrogens (tertiary/aromatic N) is 2. The molecule has 2 heterocycles. The highest BCUT2D eigenvalue weighted by Gasteiger charge is 2.06. The molecule has 2 aromatic heterocycles. The fourth-order valence-electron chi connectivity index (χ4n) is 1.93. The summed E-state index contributed by atoms with van der Waals surface area (Å²) in [6, 6.07) is 12.8. The molecule has 0 aliphatic rings. The topological polar surface area (TPSA) is 76.7 Å². The van der Waals surface area contributed by atoms with Gasteiger partial charge in [0.25, 0.3) is 5.91 Å². The Kier molecular flexibility index (Phi) is 4.68. The summed E-state index contributed by atoms with van der Waals surface area (Å²) in [6.07, 6.45) is 3.09. The first-order chi connectivity index (χ1) is 11.2. The standard InChI is InChI=1S/C16H12BrN3O3/c17-14-7-6-12(23-14)9-19-20-15(21)10-22-13-5-1-3-11-4-2-8-18-16(11)13/h1-9H,10H2,(H,20,21)/b19-9-. The lowest BCUT2D eigenvalue weighted by atomic mass is 10.2. The molecule has 0 bridgehead atoms. The van der Waals surface area contributed by atoms with Crippen molar-refractivity contribution in [1.82, 2.24) is 10.4 Å². The second-order valence-corrected chi connectivity index (χ2v) is 5.34. The molecular weight excluding hydrogens is 362 g/mol. The van der Waals surface area contributed by atoms with Crippen molar-refractivity contribution in [2.45, 2.75) is 0 Å². The lowest BCUT2D eigenvalue weighted by Crippen LogP contribution is -2.24. The lowest BCUT2D eigenvalue weighted by molar-refractivity contribution is -0.123. The van der Waals surface area contributed by atoms with Gasteiger partial charge in [-0.25, -0.2) is 5.43 Å². The van der Waals surface area contributed by atoms with Crippen molar-refractivity contribution < 1.29 is 13.9 Å². The number of hydrogen-bond acceptors (Lipinski definition) is 5. The van der Waals surface area contributed by atoms with Gasteiger partial charge in [-0.2, -0.15) is 5.10 Å². The van der Waals surface area contributed by atoms with Crippen LogP contribution in [0.4, 0.5) is 0 Å². The smallest absolute Gasteiger partial charge is 0.277 e. The minimum atomic E-state index is -0.375. The van der Waals surface area contributed by atoms with E-state index in [1.807, 2.05) is 24.3 Å². The highest BCUT2D eigenvalue weighted by Crippen LogP contribution is 2.22. The third-order valence-corrected chi connectivity index (χ3v) is 3.36. The van der Waals surface area contributed by atoms with Crippen LogP contribution in [0.15, 0.2) is 62.8 Å².